The summed E-state index contributed by atoms with van der Waals surface area (Å²) < 4.78 is 5.18. The quantitative estimate of drug-likeness (QED) is 0.336. The largest absolute Gasteiger partial charge is 0.402 e. The molecule has 2 aromatic carbocycles. The Labute approximate surface area is 156 Å². The number of carbonyl (C=O) groups excluding carboxylic acids is 1. The zero-order chi connectivity index (χ0) is 19.4. The van der Waals surface area contributed by atoms with Crippen LogP contribution in [0.25, 0.3) is 6.08 Å². The summed E-state index contributed by atoms with van der Waals surface area (Å²) in [5.74, 6) is -0.515. The maximum atomic E-state index is 12.1. The summed E-state index contributed by atoms with van der Waals surface area (Å²) in [7, 11) is 0. The second kappa shape index (κ2) is 7.82. The Hall–Kier alpha value is -3.48. The van der Waals surface area contributed by atoms with E-state index in [4.69, 9.17) is 4.74 Å². The number of hydrogen-bond donors (Lipinski definition) is 0. The highest BCUT2D eigenvalue weighted by Gasteiger charge is 2.25. The average Bonchev–Trinajstić information content (AvgIpc) is 3.04. The van der Waals surface area contributed by atoms with E-state index in [0.717, 1.165) is 24.3 Å². The van der Waals surface area contributed by atoms with E-state index in [-0.39, 0.29) is 17.3 Å². The van der Waals surface area contributed by atoms with Gasteiger partial charge in [0.25, 0.3) is 5.69 Å². The molecule has 0 N–H and O–H groups in total. The zero-order valence-electron chi connectivity index (χ0n) is 15.1. The Kier molecular flexibility index (Phi) is 5.30. The molecule has 0 bridgehead atoms. The molecule has 0 aliphatic carbocycles. The van der Waals surface area contributed by atoms with Crippen molar-refractivity contribution < 1.29 is 14.5 Å². The minimum absolute atomic E-state index is 0.0645. The van der Waals surface area contributed by atoms with Gasteiger partial charge in [-0.2, -0.15) is 0 Å². The lowest BCUT2D eigenvalue weighted by Crippen LogP contribution is -2.21. The second-order valence-electron chi connectivity index (χ2n) is 5.91. The Balaban J connectivity index is 1.85. The number of aliphatic imine (C=N–C) groups is 1. The number of carbonyl (C=O) groups is 1. The summed E-state index contributed by atoms with van der Waals surface area (Å²) in [4.78, 5) is 28.9. The number of benzene rings is 2. The topological polar surface area (TPSA) is 85.0 Å². The highest BCUT2D eigenvalue weighted by molar-refractivity contribution is 6.13. The molecule has 1 aliphatic rings. The number of nitro groups is 1. The predicted octanol–water partition coefficient (Wildman–Crippen LogP) is 3.79. The molecule has 0 atom stereocenters. The van der Waals surface area contributed by atoms with Crippen LogP contribution in [-0.4, -0.2) is 29.9 Å². The summed E-state index contributed by atoms with van der Waals surface area (Å²) in [5.41, 5.74) is 2.39. The fourth-order valence-electron chi connectivity index (χ4n) is 2.81. The fraction of sp³-hybridized carbons (Fsp3) is 0.200. The third-order valence-electron chi connectivity index (χ3n) is 4.25. The van der Waals surface area contributed by atoms with Gasteiger partial charge in [0.15, 0.2) is 5.70 Å². The Morgan fingerprint density at radius 3 is 2.48 bits per heavy atom. The van der Waals surface area contributed by atoms with Gasteiger partial charge in [-0.15, -0.1) is 0 Å². The minimum atomic E-state index is -0.579. The van der Waals surface area contributed by atoms with Crippen LogP contribution in [0.3, 0.4) is 0 Å². The smallest absolute Gasteiger partial charge is 0.363 e. The first kappa shape index (κ1) is 18.3. The van der Waals surface area contributed by atoms with Gasteiger partial charge in [0, 0.05) is 36.5 Å². The van der Waals surface area contributed by atoms with Crippen molar-refractivity contribution in [3.05, 3.63) is 75.5 Å². The van der Waals surface area contributed by atoms with Crippen molar-refractivity contribution in [3.8, 4) is 0 Å². The minimum Gasteiger partial charge on any atom is -0.402 e. The van der Waals surface area contributed by atoms with Crippen LogP contribution in [0, 0.1) is 10.1 Å². The molecule has 3 rings (SSSR count). The molecule has 7 nitrogen and oxygen atoms in total. The van der Waals surface area contributed by atoms with Gasteiger partial charge in [-0.25, -0.2) is 9.79 Å². The molecule has 0 radical (unpaired) electrons. The van der Waals surface area contributed by atoms with Crippen molar-refractivity contribution >= 4 is 29.3 Å². The number of rotatable bonds is 6. The van der Waals surface area contributed by atoms with Crippen LogP contribution < -0.4 is 4.90 Å². The lowest BCUT2D eigenvalue weighted by atomic mass is 10.1. The van der Waals surface area contributed by atoms with Crippen LogP contribution >= 0.6 is 0 Å². The standard InChI is InChI=1S/C20H19N3O4/c1-3-22(4-2)16-10-8-14(9-11-16)12-18-20(24)27-19(21-18)15-6-5-7-17(13-15)23(25)26/h5-13H,3-4H2,1-2H3/b18-12-. The molecule has 7 heteroatoms. The maximum Gasteiger partial charge on any atom is 0.363 e. The number of esters is 1. The van der Waals surface area contributed by atoms with E-state index in [0.29, 0.717) is 5.56 Å². The first-order valence-electron chi connectivity index (χ1n) is 8.64. The first-order chi connectivity index (χ1) is 13.0. The fourth-order valence-corrected chi connectivity index (χ4v) is 2.81. The monoisotopic (exact) mass is 365 g/mol. The number of cyclic esters (lactones) is 1. The predicted molar refractivity (Wildman–Crippen MR) is 104 cm³/mol. The molecule has 1 heterocycles. The Morgan fingerprint density at radius 1 is 1.15 bits per heavy atom. The van der Waals surface area contributed by atoms with Crippen molar-refractivity contribution in [2.75, 3.05) is 18.0 Å². The van der Waals surface area contributed by atoms with Gasteiger partial charge in [0.2, 0.25) is 5.90 Å². The van der Waals surface area contributed by atoms with Gasteiger partial charge < -0.3 is 9.64 Å². The second-order valence-corrected chi connectivity index (χ2v) is 5.91. The Bertz CT molecular complexity index is 928. The molecule has 138 valence electrons. The maximum absolute atomic E-state index is 12.1. The van der Waals surface area contributed by atoms with Gasteiger partial charge >= 0.3 is 5.97 Å². The number of non-ortho nitro benzene ring substituents is 1. The summed E-state index contributed by atoms with van der Waals surface area (Å²) in [6.07, 6.45) is 1.64. The van der Waals surface area contributed by atoms with Gasteiger partial charge in [0.1, 0.15) is 0 Å². The van der Waals surface area contributed by atoms with Crippen LogP contribution in [0.15, 0.2) is 59.2 Å². The van der Waals surface area contributed by atoms with Crippen molar-refractivity contribution in [3.63, 3.8) is 0 Å². The summed E-state index contributed by atoms with van der Waals surface area (Å²) in [6, 6.07) is 13.6. The van der Waals surface area contributed by atoms with E-state index in [1.54, 1.807) is 12.1 Å². The highest BCUT2D eigenvalue weighted by atomic mass is 16.6. The van der Waals surface area contributed by atoms with Gasteiger partial charge in [-0.05, 0) is 43.7 Å². The molecular weight excluding hydrogens is 346 g/mol. The molecule has 0 saturated carbocycles. The van der Waals surface area contributed by atoms with Gasteiger partial charge in [-0.1, -0.05) is 18.2 Å². The zero-order valence-corrected chi connectivity index (χ0v) is 15.1. The number of ether oxygens (including phenoxy) is 1. The van der Waals surface area contributed by atoms with Gasteiger partial charge in [0.05, 0.1) is 4.92 Å². The molecule has 27 heavy (non-hydrogen) atoms. The summed E-state index contributed by atoms with van der Waals surface area (Å²) in [5, 5.41) is 10.9. The molecule has 0 spiro atoms. The van der Waals surface area contributed by atoms with Crippen molar-refractivity contribution in [2.24, 2.45) is 4.99 Å². The van der Waals surface area contributed by atoms with E-state index >= 15 is 0 Å². The highest BCUT2D eigenvalue weighted by Crippen LogP contribution is 2.22. The molecule has 0 unspecified atom stereocenters. The average molecular weight is 365 g/mol. The van der Waals surface area contributed by atoms with Crippen molar-refractivity contribution in [1.29, 1.82) is 0 Å². The van der Waals surface area contributed by atoms with Crippen LogP contribution in [0.1, 0.15) is 25.0 Å². The lowest BCUT2D eigenvalue weighted by molar-refractivity contribution is -0.384. The van der Waals surface area contributed by atoms with Crippen LogP contribution in [-0.2, 0) is 9.53 Å². The summed E-state index contributed by atoms with van der Waals surface area (Å²) >= 11 is 0. The summed E-state index contributed by atoms with van der Waals surface area (Å²) in [6.45, 7) is 6.02. The molecule has 0 fully saturated rings. The SMILES string of the molecule is CCN(CC)c1ccc(/C=C2\N=C(c3cccc([N+](=O)[O-])c3)OC2=O)cc1. The third-order valence-corrected chi connectivity index (χ3v) is 4.25. The van der Waals surface area contributed by atoms with E-state index in [9.17, 15) is 14.9 Å². The van der Waals surface area contributed by atoms with E-state index in [1.165, 1.54) is 18.2 Å². The molecule has 0 aromatic heterocycles. The van der Waals surface area contributed by atoms with Crippen LogP contribution in [0.2, 0.25) is 0 Å². The normalized spacial score (nSPS) is 14.8. The first-order valence-corrected chi connectivity index (χ1v) is 8.64. The lowest BCUT2D eigenvalue weighted by Gasteiger charge is -2.20. The molecular formula is C20H19N3O4. The number of anilines is 1. The van der Waals surface area contributed by atoms with Crippen molar-refractivity contribution in [1.82, 2.24) is 0 Å². The Morgan fingerprint density at radius 2 is 1.85 bits per heavy atom. The molecule has 2 aromatic rings. The van der Waals surface area contributed by atoms with E-state index in [1.807, 2.05) is 24.3 Å². The van der Waals surface area contributed by atoms with E-state index < -0.39 is 10.9 Å². The molecule has 0 amide bonds. The van der Waals surface area contributed by atoms with Crippen LogP contribution in [0.4, 0.5) is 11.4 Å². The number of nitro benzene ring substituents is 1. The number of nitrogens with zero attached hydrogens (tertiary/aromatic N) is 3. The molecule has 0 saturated heterocycles. The van der Waals surface area contributed by atoms with Crippen molar-refractivity contribution in [2.45, 2.75) is 13.8 Å². The third kappa shape index (κ3) is 4.03. The van der Waals surface area contributed by atoms with E-state index in [2.05, 4.69) is 23.7 Å². The number of hydrogen-bond acceptors (Lipinski definition) is 6. The molecule has 1 aliphatic heterocycles. The van der Waals surface area contributed by atoms with Crippen LogP contribution in [0.5, 0.6) is 0 Å². The van der Waals surface area contributed by atoms with Gasteiger partial charge in [-0.3, -0.25) is 10.1 Å².